The third kappa shape index (κ3) is 2.65. The summed E-state index contributed by atoms with van der Waals surface area (Å²) < 4.78 is 5.19. The number of benzene rings is 2. The van der Waals surface area contributed by atoms with Crippen molar-refractivity contribution < 1.29 is 9.53 Å². The number of rotatable bonds is 1. The lowest BCUT2D eigenvalue weighted by Gasteiger charge is -2.02. The van der Waals surface area contributed by atoms with Crippen LogP contribution in [0.2, 0.25) is 0 Å². The predicted molar refractivity (Wildman–Crippen MR) is 81.8 cm³/mol. The molecular formula is C18H13NO2. The highest BCUT2D eigenvalue weighted by Crippen LogP contribution is 2.27. The van der Waals surface area contributed by atoms with Crippen molar-refractivity contribution in [2.75, 3.05) is 7.11 Å². The van der Waals surface area contributed by atoms with Crippen LogP contribution in [0.25, 0.3) is 5.70 Å². The van der Waals surface area contributed by atoms with Crippen LogP contribution in [0.3, 0.4) is 0 Å². The van der Waals surface area contributed by atoms with Gasteiger partial charge in [-0.25, -0.2) is 0 Å². The van der Waals surface area contributed by atoms with Gasteiger partial charge in [-0.2, -0.15) is 0 Å². The van der Waals surface area contributed by atoms with Crippen molar-refractivity contribution in [3.63, 3.8) is 0 Å². The molecule has 3 rings (SSSR count). The molecule has 0 spiro atoms. The second-order valence-electron chi connectivity index (χ2n) is 4.56. The predicted octanol–water partition coefficient (Wildman–Crippen LogP) is 2.83. The lowest BCUT2D eigenvalue weighted by atomic mass is 10.1. The molecule has 0 aromatic heterocycles. The van der Waals surface area contributed by atoms with E-state index in [0.29, 0.717) is 17.0 Å². The summed E-state index contributed by atoms with van der Waals surface area (Å²) in [4.78, 5) is 11.9. The van der Waals surface area contributed by atoms with Crippen LogP contribution in [-0.2, 0) is 0 Å². The van der Waals surface area contributed by atoms with Crippen LogP contribution < -0.4 is 10.1 Å². The van der Waals surface area contributed by atoms with Crippen LogP contribution in [0.4, 0.5) is 0 Å². The van der Waals surface area contributed by atoms with Gasteiger partial charge in [0.15, 0.2) is 0 Å². The summed E-state index contributed by atoms with van der Waals surface area (Å²) in [5, 5.41) is 2.82. The molecule has 1 N–H and O–H groups in total. The molecule has 0 atom stereocenters. The van der Waals surface area contributed by atoms with Crippen molar-refractivity contribution in [2.45, 2.75) is 0 Å². The van der Waals surface area contributed by atoms with Gasteiger partial charge >= 0.3 is 0 Å². The van der Waals surface area contributed by atoms with Crippen LogP contribution in [0.15, 0.2) is 54.6 Å². The van der Waals surface area contributed by atoms with Crippen molar-refractivity contribution in [2.24, 2.45) is 0 Å². The summed E-state index contributed by atoms with van der Waals surface area (Å²) in [5.41, 5.74) is 3.10. The molecule has 0 fully saturated rings. The second-order valence-corrected chi connectivity index (χ2v) is 4.56. The van der Waals surface area contributed by atoms with E-state index in [1.807, 2.05) is 36.4 Å². The largest absolute Gasteiger partial charge is 0.497 e. The molecule has 0 bridgehead atoms. The molecule has 1 aliphatic heterocycles. The third-order valence-electron chi connectivity index (χ3n) is 3.22. The van der Waals surface area contributed by atoms with E-state index in [0.717, 1.165) is 11.1 Å². The molecule has 1 amide bonds. The minimum absolute atomic E-state index is 0.111. The van der Waals surface area contributed by atoms with Gasteiger partial charge in [-0.3, -0.25) is 4.79 Å². The molecule has 3 heteroatoms. The molecule has 102 valence electrons. The minimum atomic E-state index is -0.111. The van der Waals surface area contributed by atoms with Gasteiger partial charge in [0.2, 0.25) is 0 Å². The topological polar surface area (TPSA) is 38.3 Å². The first-order valence-corrected chi connectivity index (χ1v) is 6.54. The van der Waals surface area contributed by atoms with E-state index in [9.17, 15) is 4.79 Å². The average molecular weight is 275 g/mol. The lowest BCUT2D eigenvalue weighted by Crippen LogP contribution is -2.11. The van der Waals surface area contributed by atoms with E-state index in [4.69, 9.17) is 4.74 Å². The summed E-state index contributed by atoms with van der Waals surface area (Å²) in [6, 6.07) is 15.1. The Bertz CT molecular complexity index is 780. The molecular weight excluding hydrogens is 262 g/mol. The van der Waals surface area contributed by atoms with Crippen molar-refractivity contribution in [3.05, 3.63) is 71.3 Å². The first kappa shape index (κ1) is 13.0. The van der Waals surface area contributed by atoms with Crippen molar-refractivity contribution in [3.8, 4) is 17.6 Å². The van der Waals surface area contributed by atoms with Gasteiger partial charge < -0.3 is 10.1 Å². The molecule has 0 saturated carbocycles. The molecule has 0 radical (unpaired) electrons. The van der Waals surface area contributed by atoms with E-state index < -0.39 is 0 Å². The highest BCUT2D eigenvalue weighted by atomic mass is 16.5. The summed E-state index contributed by atoms with van der Waals surface area (Å²) in [6.45, 7) is 0. The maximum absolute atomic E-state index is 11.9. The number of carbonyl (C=O) groups is 1. The number of nitrogens with one attached hydrogen (secondary N) is 1. The van der Waals surface area contributed by atoms with Gasteiger partial charge in [0.1, 0.15) is 5.75 Å². The fourth-order valence-electron chi connectivity index (χ4n) is 2.16. The Morgan fingerprint density at radius 2 is 1.90 bits per heavy atom. The van der Waals surface area contributed by atoms with Gasteiger partial charge in [0, 0.05) is 22.8 Å². The molecule has 21 heavy (non-hydrogen) atoms. The van der Waals surface area contributed by atoms with Crippen LogP contribution in [0, 0.1) is 11.8 Å². The number of methoxy groups -OCH3 is 1. The van der Waals surface area contributed by atoms with Crippen LogP contribution in [-0.4, -0.2) is 13.0 Å². The zero-order valence-corrected chi connectivity index (χ0v) is 11.5. The van der Waals surface area contributed by atoms with Gasteiger partial charge in [0.25, 0.3) is 5.91 Å². The van der Waals surface area contributed by atoms with Crippen LogP contribution >= 0.6 is 0 Å². The maximum Gasteiger partial charge on any atom is 0.256 e. The van der Waals surface area contributed by atoms with Crippen LogP contribution in [0.5, 0.6) is 5.75 Å². The number of amides is 1. The molecule has 0 saturated heterocycles. The maximum atomic E-state index is 11.9. The Morgan fingerprint density at radius 3 is 2.67 bits per heavy atom. The van der Waals surface area contributed by atoms with Crippen molar-refractivity contribution >= 4 is 11.6 Å². The molecule has 1 heterocycles. The van der Waals surface area contributed by atoms with Crippen molar-refractivity contribution in [1.82, 2.24) is 5.32 Å². The van der Waals surface area contributed by atoms with Gasteiger partial charge in [-0.15, -0.1) is 0 Å². The first-order chi connectivity index (χ1) is 10.3. The Labute approximate surface area is 123 Å². The lowest BCUT2D eigenvalue weighted by molar-refractivity contribution is 0.0981. The van der Waals surface area contributed by atoms with E-state index in [1.54, 1.807) is 25.3 Å². The average Bonchev–Trinajstić information content (AvgIpc) is 2.84. The molecule has 0 unspecified atom stereocenters. The number of hydrogen-bond acceptors (Lipinski definition) is 2. The number of ether oxygens (including phenoxy) is 1. The Morgan fingerprint density at radius 1 is 1.10 bits per heavy atom. The van der Waals surface area contributed by atoms with E-state index in [1.165, 1.54) is 0 Å². The zero-order chi connectivity index (χ0) is 14.7. The Hall–Kier alpha value is -2.99. The van der Waals surface area contributed by atoms with E-state index in [-0.39, 0.29) is 5.91 Å². The highest BCUT2D eigenvalue weighted by Gasteiger charge is 2.23. The summed E-state index contributed by atoms with van der Waals surface area (Å²) in [7, 11) is 1.60. The standard InChI is InChI=1S/C18H13NO2/c1-21-14-10-11-15-16(12-14)17(19-18(15)20)9-5-8-13-6-3-2-4-7-13/h2-4,6-7,9-12H,1H3,(H,19,20)/b17-9-. The van der Waals surface area contributed by atoms with E-state index in [2.05, 4.69) is 17.2 Å². The van der Waals surface area contributed by atoms with Crippen LogP contribution in [0.1, 0.15) is 21.5 Å². The minimum Gasteiger partial charge on any atom is -0.497 e. The molecule has 0 aliphatic carbocycles. The SMILES string of the molecule is COc1ccc2c(c1)/C(=C/C#Cc1ccccc1)NC2=O. The summed E-state index contributed by atoms with van der Waals surface area (Å²) in [6.07, 6.45) is 1.72. The molecule has 2 aromatic rings. The Kier molecular flexibility index (Phi) is 3.44. The Balaban J connectivity index is 1.94. The number of fused-ring (bicyclic) bond motifs is 1. The third-order valence-corrected chi connectivity index (χ3v) is 3.22. The zero-order valence-electron chi connectivity index (χ0n) is 11.5. The monoisotopic (exact) mass is 275 g/mol. The normalized spacial score (nSPS) is 14.1. The number of hydrogen-bond donors (Lipinski definition) is 1. The number of carbonyl (C=O) groups excluding carboxylic acids is 1. The quantitative estimate of drug-likeness (QED) is 0.813. The van der Waals surface area contributed by atoms with Crippen molar-refractivity contribution in [1.29, 1.82) is 0 Å². The molecule has 2 aromatic carbocycles. The fourth-order valence-corrected chi connectivity index (χ4v) is 2.16. The van der Waals surface area contributed by atoms with Gasteiger partial charge in [-0.1, -0.05) is 30.0 Å². The number of allylic oxidation sites excluding steroid dienone is 1. The molecule has 1 aliphatic rings. The smallest absolute Gasteiger partial charge is 0.256 e. The summed E-state index contributed by atoms with van der Waals surface area (Å²) in [5.74, 6) is 6.62. The first-order valence-electron chi connectivity index (χ1n) is 6.54. The van der Waals surface area contributed by atoms with E-state index >= 15 is 0 Å². The fraction of sp³-hybridized carbons (Fsp3) is 0.0556. The second kappa shape index (κ2) is 5.56. The molecule has 3 nitrogen and oxygen atoms in total. The van der Waals surface area contributed by atoms with Gasteiger partial charge in [-0.05, 0) is 30.3 Å². The van der Waals surface area contributed by atoms with Gasteiger partial charge in [0.05, 0.1) is 12.8 Å². The summed E-state index contributed by atoms with van der Waals surface area (Å²) >= 11 is 0. The highest BCUT2D eigenvalue weighted by molar-refractivity contribution is 6.09.